The molecule has 0 atom stereocenters. The first-order valence-electron chi connectivity index (χ1n) is 3.89. The van der Waals surface area contributed by atoms with E-state index in [1.165, 1.54) is 0 Å². The molecule has 0 spiro atoms. The summed E-state index contributed by atoms with van der Waals surface area (Å²) in [7, 11) is 1.78. The van der Waals surface area contributed by atoms with Crippen molar-refractivity contribution >= 4 is 5.97 Å². The molecule has 1 aliphatic carbocycles. The number of aryl methyl sites for hydroxylation is 1. The van der Waals surface area contributed by atoms with Crippen LogP contribution in [0.25, 0.3) is 0 Å². The number of carboxylic acid groups (broad SMARTS) is 1. The van der Waals surface area contributed by atoms with Crippen molar-refractivity contribution in [1.82, 2.24) is 9.78 Å². The van der Waals surface area contributed by atoms with Crippen LogP contribution in [0.15, 0.2) is 12.3 Å². The number of aliphatic carboxylic acids is 1. The van der Waals surface area contributed by atoms with E-state index in [1.807, 2.05) is 0 Å². The van der Waals surface area contributed by atoms with E-state index in [1.54, 1.807) is 24.0 Å². The molecule has 2 rings (SSSR count). The Labute approximate surface area is 69.8 Å². The lowest BCUT2D eigenvalue weighted by atomic mass is 10.0. The molecule has 0 radical (unpaired) electrons. The smallest absolute Gasteiger partial charge is 0.315 e. The molecule has 0 saturated heterocycles. The van der Waals surface area contributed by atoms with Crippen LogP contribution in [0.3, 0.4) is 0 Å². The van der Waals surface area contributed by atoms with Gasteiger partial charge in [-0.2, -0.15) is 5.10 Å². The van der Waals surface area contributed by atoms with Crippen molar-refractivity contribution in [3.8, 4) is 0 Å². The van der Waals surface area contributed by atoms with Crippen molar-refractivity contribution in [3.63, 3.8) is 0 Å². The second-order valence-corrected chi connectivity index (χ2v) is 3.23. The summed E-state index contributed by atoms with van der Waals surface area (Å²) in [5.74, 6) is -0.730. The number of carboxylic acids is 1. The van der Waals surface area contributed by atoms with Gasteiger partial charge in [0, 0.05) is 13.2 Å². The Bertz CT molecular complexity index is 326. The zero-order valence-electron chi connectivity index (χ0n) is 6.82. The number of carbonyl (C=O) groups is 1. The second kappa shape index (κ2) is 2.09. The van der Waals surface area contributed by atoms with E-state index in [0.29, 0.717) is 0 Å². The molecule has 0 amide bonds. The quantitative estimate of drug-likeness (QED) is 0.697. The number of rotatable bonds is 2. The summed E-state index contributed by atoms with van der Waals surface area (Å²) in [5.41, 5.74) is 0.195. The predicted octanol–water partition coefficient (Wildman–Crippen LogP) is 0.536. The molecule has 0 unspecified atom stereocenters. The predicted molar refractivity (Wildman–Crippen MR) is 41.8 cm³/mol. The summed E-state index contributed by atoms with van der Waals surface area (Å²) in [6.45, 7) is 0. The molecule has 64 valence electrons. The Hall–Kier alpha value is -1.32. The monoisotopic (exact) mass is 166 g/mol. The Morgan fingerprint density at radius 2 is 2.42 bits per heavy atom. The van der Waals surface area contributed by atoms with Crippen LogP contribution in [-0.2, 0) is 17.3 Å². The van der Waals surface area contributed by atoms with Crippen LogP contribution < -0.4 is 0 Å². The van der Waals surface area contributed by atoms with Crippen molar-refractivity contribution < 1.29 is 9.90 Å². The van der Waals surface area contributed by atoms with Gasteiger partial charge in [-0.1, -0.05) is 0 Å². The summed E-state index contributed by atoms with van der Waals surface area (Å²) in [6, 6.07) is 1.78. The van der Waals surface area contributed by atoms with Gasteiger partial charge in [-0.3, -0.25) is 9.48 Å². The Kier molecular flexibility index (Phi) is 1.28. The minimum atomic E-state index is -0.730. The van der Waals surface area contributed by atoms with Crippen molar-refractivity contribution in [3.05, 3.63) is 18.0 Å². The lowest BCUT2D eigenvalue weighted by molar-refractivity contribution is -0.140. The Morgan fingerprint density at radius 3 is 2.75 bits per heavy atom. The number of hydrogen-bond donors (Lipinski definition) is 1. The van der Waals surface area contributed by atoms with E-state index in [2.05, 4.69) is 5.10 Å². The van der Waals surface area contributed by atoms with Gasteiger partial charge >= 0.3 is 5.97 Å². The van der Waals surface area contributed by atoms with Gasteiger partial charge in [0.15, 0.2) is 0 Å². The molecule has 1 aliphatic rings. The summed E-state index contributed by atoms with van der Waals surface area (Å²) >= 11 is 0. The molecular formula is C8H10N2O2. The van der Waals surface area contributed by atoms with Gasteiger partial charge in [-0.25, -0.2) is 0 Å². The van der Waals surface area contributed by atoms with Crippen LogP contribution in [0, 0.1) is 0 Å². The summed E-state index contributed by atoms with van der Waals surface area (Å²) in [4.78, 5) is 10.9. The fraction of sp³-hybridized carbons (Fsp3) is 0.500. The molecule has 1 fully saturated rings. The van der Waals surface area contributed by atoms with Gasteiger partial charge in [0.2, 0.25) is 0 Å². The fourth-order valence-electron chi connectivity index (χ4n) is 1.55. The highest BCUT2D eigenvalue weighted by Crippen LogP contribution is 2.47. The molecule has 1 aromatic heterocycles. The van der Waals surface area contributed by atoms with E-state index in [4.69, 9.17) is 5.11 Å². The lowest BCUT2D eigenvalue weighted by Crippen LogP contribution is -2.22. The zero-order valence-corrected chi connectivity index (χ0v) is 6.82. The van der Waals surface area contributed by atoms with Crippen molar-refractivity contribution in [1.29, 1.82) is 0 Å². The first kappa shape index (κ1) is 7.34. The zero-order chi connectivity index (χ0) is 8.77. The SMILES string of the molecule is Cn1nccc1C1(C(=O)O)CC1. The average Bonchev–Trinajstić information content (AvgIpc) is 2.71. The molecular weight excluding hydrogens is 156 g/mol. The molecule has 0 aliphatic heterocycles. The topological polar surface area (TPSA) is 55.1 Å². The van der Waals surface area contributed by atoms with Crippen LogP contribution in [0.1, 0.15) is 18.5 Å². The lowest BCUT2D eigenvalue weighted by Gasteiger charge is -2.08. The maximum absolute atomic E-state index is 10.9. The third kappa shape index (κ3) is 0.776. The van der Waals surface area contributed by atoms with Gasteiger partial charge < -0.3 is 5.11 Å². The van der Waals surface area contributed by atoms with Gasteiger partial charge in [0.05, 0.1) is 5.69 Å². The molecule has 12 heavy (non-hydrogen) atoms. The summed E-state index contributed by atoms with van der Waals surface area (Å²) < 4.78 is 1.64. The van der Waals surface area contributed by atoms with E-state index >= 15 is 0 Å². The molecule has 1 heterocycles. The third-order valence-electron chi connectivity index (χ3n) is 2.47. The van der Waals surface area contributed by atoms with Crippen LogP contribution >= 0.6 is 0 Å². The molecule has 0 bridgehead atoms. The first-order chi connectivity index (χ1) is 5.67. The first-order valence-corrected chi connectivity index (χ1v) is 3.89. The van der Waals surface area contributed by atoms with Crippen LogP contribution in [0.2, 0.25) is 0 Å². The number of aromatic nitrogens is 2. The molecule has 4 nitrogen and oxygen atoms in total. The standard InChI is InChI=1S/C8H10N2O2/c1-10-6(2-5-9-10)8(3-4-8)7(11)12/h2,5H,3-4H2,1H3,(H,11,12). The van der Waals surface area contributed by atoms with Crippen molar-refractivity contribution in [2.75, 3.05) is 0 Å². The highest BCUT2D eigenvalue weighted by Gasteiger charge is 2.53. The van der Waals surface area contributed by atoms with E-state index in [-0.39, 0.29) is 0 Å². The van der Waals surface area contributed by atoms with Crippen molar-refractivity contribution in [2.24, 2.45) is 7.05 Å². The van der Waals surface area contributed by atoms with Crippen LogP contribution in [-0.4, -0.2) is 20.9 Å². The summed E-state index contributed by atoms with van der Waals surface area (Å²) in [6.07, 6.45) is 3.11. The van der Waals surface area contributed by atoms with Crippen molar-refractivity contribution in [2.45, 2.75) is 18.3 Å². The van der Waals surface area contributed by atoms with Gasteiger partial charge in [-0.15, -0.1) is 0 Å². The third-order valence-corrected chi connectivity index (χ3v) is 2.47. The highest BCUT2D eigenvalue weighted by atomic mass is 16.4. The van der Waals surface area contributed by atoms with Gasteiger partial charge in [-0.05, 0) is 18.9 Å². The molecule has 1 N–H and O–H groups in total. The maximum atomic E-state index is 10.9. The fourth-order valence-corrected chi connectivity index (χ4v) is 1.55. The largest absolute Gasteiger partial charge is 0.481 e. The van der Waals surface area contributed by atoms with Crippen LogP contribution in [0.4, 0.5) is 0 Å². The number of hydrogen-bond acceptors (Lipinski definition) is 2. The Morgan fingerprint density at radius 1 is 1.75 bits per heavy atom. The molecule has 1 aromatic rings. The average molecular weight is 166 g/mol. The molecule has 0 aromatic carbocycles. The van der Waals surface area contributed by atoms with E-state index in [9.17, 15) is 4.79 Å². The summed E-state index contributed by atoms with van der Waals surface area (Å²) in [5, 5.41) is 12.9. The second-order valence-electron chi connectivity index (χ2n) is 3.23. The molecule has 4 heteroatoms. The Balaban J connectivity index is 2.43. The molecule has 1 saturated carbocycles. The van der Waals surface area contributed by atoms with E-state index < -0.39 is 11.4 Å². The van der Waals surface area contributed by atoms with Gasteiger partial charge in [0.1, 0.15) is 5.41 Å². The minimum Gasteiger partial charge on any atom is -0.481 e. The minimum absolute atomic E-state index is 0.620. The van der Waals surface area contributed by atoms with Gasteiger partial charge in [0.25, 0.3) is 0 Å². The highest BCUT2D eigenvalue weighted by molar-refractivity contribution is 5.84. The number of nitrogens with zero attached hydrogens (tertiary/aromatic N) is 2. The normalized spacial score (nSPS) is 19.1. The maximum Gasteiger partial charge on any atom is 0.315 e. The van der Waals surface area contributed by atoms with Crippen LogP contribution in [0.5, 0.6) is 0 Å². The van der Waals surface area contributed by atoms with E-state index in [0.717, 1.165) is 18.5 Å².